The van der Waals surface area contributed by atoms with Crippen LogP contribution in [0.15, 0.2) is 0 Å². The number of rotatable bonds is 3. The summed E-state index contributed by atoms with van der Waals surface area (Å²) in [5.41, 5.74) is 0. The molecule has 1 N–H and O–H groups in total. The van der Waals surface area contributed by atoms with Gasteiger partial charge in [0.15, 0.2) is 0 Å². The number of nitrogens with zero attached hydrogens (tertiary/aromatic N) is 1. The molecule has 1 aliphatic carbocycles. The van der Waals surface area contributed by atoms with Crippen LogP contribution in [0.25, 0.3) is 0 Å². The Morgan fingerprint density at radius 1 is 1.12 bits per heavy atom. The molecule has 2 aliphatic rings. The van der Waals surface area contributed by atoms with Crippen molar-refractivity contribution in [3.63, 3.8) is 0 Å². The molecule has 2 atom stereocenters. The van der Waals surface area contributed by atoms with Crippen LogP contribution in [0.3, 0.4) is 0 Å². The van der Waals surface area contributed by atoms with Gasteiger partial charge in [0.2, 0.25) is 0 Å². The average Bonchev–Trinajstić information content (AvgIpc) is 2.19. The molecule has 0 aromatic rings. The van der Waals surface area contributed by atoms with Crippen molar-refractivity contribution in [1.29, 1.82) is 0 Å². The maximum absolute atomic E-state index is 5.67. The molecule has 0 spiro atoms. The first-order valence-electron chi connectivity index (χ1n) is 7.25. The summed E-state index contributed by atoms with van der Waals surface area (Å²) in [6.07, 6.45) is 3.04. The molecule has 2 rings (SSSR count). The monoisotopic (exact) mass is 240 g/mol. The third-order valence-electron chi connectivity index (χ3n) is 4.07. The zero-order valence-corrected chi connectivity index (χ0v) is 11.6. The van der Waals surface area contributed by atoms with Crippen molar-refractivity contribution < 1.29 is 4.74 Å². The minimum atomic E-state index is 0.541. The Hall–Kier alpha value is -0.120. The highest BCUT2D eigenvalue weighted by atomic mass is 16.5. The molecule has 1 saturated heterocycles. The molecule has 2 fully saturated rings. The fourth-order valence-corrected chi connectivity index (χ4v) is 3.09. The van der Waals surface area contributed by atoms with Crippen LogP contribution >= 0.6 is 0 Å². The van der Waals surface area contributed by atoms with Crippen molar-refractivity contribution in [2.24, 2.45) is 11.8 Å². The average molecular weight is 240 g/mol. The Morgan fingerprint density at radius 2 is 1.71 bits per heavy atom. The summed E-state index contributed by atoms with van der Waals surface area (Å²) in [7, 11) is 0. The van der Waals surface area contributed by atoms with E-state index < -0.39 is 0 Å². The Balaban J connectivity index is 1.81. The summed E-state index contributed by atoms with van der Waals surface area (Å²) >= 11 is 0. The number of nitrogens with one attached hydrogen (secondary N) is 1. The van der Waals surface area contributed by atoms with Gasteiger partial charge in [0.25, 0.3) is 0 Å². The smallest absolute Gasteiger partial charge is 0.0604 e. The van der Waals surface area contributed by atoms with E-state index in [9.17, 15) is 0 Å². The second kappa shape index (κ2) is 6.17. The first kappa shape index (κ1) is 13.3. The molecule has 100 valence electrons. The zero-order chi connectivity index (χ0) is 12.3. The summed E-state index contributed by atoms with van der Waals surface area (Å²) in [4.78, 5) is 2.71. The van der Waals surface area contributed by atoms with Crippen molar-refractivity contribution in [3.05, 3.63) is 0 Å². The molecule has 2 unspecified atom stereocenters. The largest absolute Gasteiger partial charge is 0.378 e. The van der Waals surface area contributed by atoms with Gasteiger partial charge < -0.3 is 10.1 Å². The minimum Gasteiger partial charge on any atom is -0.378 e. The van der Waals surface area contributed by atoms with Gasteiger partial charge in [0, 0.05) is 25.7 Å². The lowest BCUT2D eigenvalue weighted by Gasteiger charge is -2.45. The van der Waals surface area contributed by atoms with Gasteiger partial charge in [0.1, 0.15) is 0 Å². The Morgan fingerprint density at radius 3 is 2.24 bits per heavy atom. The van der Waals surface area contributed by atoms with E-state index in [1.807, 2.05) is 0 Å². The first-order chi connectivity index (χ1) is 8.19. The van der Waals surface area contributed by atoms with Gasteiger partial charge in [-0.1, -0.05) is 13.8 Å². The van der Waals surface area contributed by atoms with Crippen LogP contribution in [0.2, 0.25) is 0 Å². The highest BCUT2D eigenvalue weighted by molar-refractivity contribution is 4.90. The molecular formula is C14H28N2O. The van der Waals surface area contributed by atoms with Crippen molar-refractivity contribution in [2.45, 2.75) is 45.8 Å². The molecule has 0 radical (unpaired) electrons. The van der Waals surface area contributed by atoms with E-state index in [0.717, 1.165) is 24.5 Å². The van der Waals surface area contributed by atoms with Crippen LogP contribution < -0.4 is 5.32 Å². The molecule has 1 aliphatic heterocycles. The Bertz CT molecular complexity index is 216. The first-order valence-corrected chi connectivity index (χ1v) is 7.25. The van der Waals surface area contributed by atoms with Crippen molar-refractivity contribution in [3.8, 4) is 0 Å². The molecule has 0 aromatic carbocycles. The van der Waals surface area contributed by atoms with Gasteiger partial charge in [-0.25, -0.2) is 0 Å². The normalized spacial score (nSPS) is 40.4. The van der Waals surface area contributed by atoms with Crippen LogP contribution in [0.4, 0.5) is 0 Å². The summed E-state index contributed by atoms with van der Waals surface area (Å²) in [6, 6.07) is 0.787. The van der Waals surface area contributed by atoms with E-state index in [-0.39, 0.29) is 0 Å². The SMILES string of the molecule is CCOC1CC(N2CC(C)CNCC(C)C2)C1. The summed E-state index contributed by atoms with van der Waals surface area (Å²) in [5.74, 6) is 1.54. The van der Waals surface area contributed by atoms with E-state index in [0.29, 0.717) is 6.10 Å². The predicted molar refractivity (Wildman–Crippen MR) is 71.2 cm³/mol. The standard InChI is InChI=1S/C14H28N2O/c1-4-17-14-5-13(6-14)16-9-11(2)7-15-8-12(3)10-16/h11-15H,4-10H2,1-3H3. The van der Waals surface area contributed by atoms with Crippen LogP contribution in [0.5, 0.6) is 0 Å². The Labute approximate surface area is 106 Å². The van der Waals surface area contributed by atoms with Gasteiger partial charge >= 0.3 is 0 Å². The van der Waals surface area contributed by atoms with Crippen LogP contribution in [-0.2, 0) is 4.74 Å². The number of ether oxygens (including phenoxy) is 1. The van der Waals surface area contributed by atoms with Crippen molar-refractivity contribution in [1.82, 2.24) is 10.2 Å². The topological polar surface area (TPSA) is 24.5 Å². The minimum absolute atomic E-state index is 0.541. The third kappa shape index (κ3) is 3.67. The van der Waals surface area contributed by atoms with E-state index >= 15 is 0 Å². The lowest BCUT2D eigenvalue weighted by Crippen LogP contribution is -2.53. The molecule has 0 aromatic heterocycles. The highest BCUT2D eigenvalue weighted by Gasteiger charge is 2.35. The zero-order valence-electron chi connectivity index (χ0n) is 11.6. The van der Waals surface area contributed by atoms with E-state index in [4.69, 9.17) is 4.74 Å². The van der Waals surface area contributed by atoms with Crippen molar-refractivity contribution >= 4 is 0 Å². The molecule has 1 saturated carbocycles. The molecule has 17 heavy (non-hydrogen) atoms. The number of hydrogen-bond donors (Lipinski definition) is 1. The lowest BCUT2D eigenvalue weighted by molar-refractivity contribution is -0.0535. The van der Waals surface area contributed by atoms with Gasteiger partial charge in [0.05, 0.1) is 6.10 Å². The Kier molecular flexibility index (Phi) is 4.83. The van der Waals surface area contributed by atoms with Crippen LogP contribution in [-0.4, -0.2) is 49.8 Å². The summed E-state index contributed by atoms with van der Waals surface area (Å²) in [5, 5.41) is 3.56. The fourth-order valence-electron chi connectivity index (χ4n) is 3.09. The maximum atomic E-state index is 5.67. The van der Waals surface area contributed by atoms with E-state index in [1.54, 1.807) is 0 Å². The fraction of sp³-hybridized carbons (Fsp3) is 1.00. The van der Waals surface area contributed by atoms with Gasteiger partial charge in [-0.3, -0.25) is 4.90 Å². The maximum Gasteiger partial charge on any atom is 0.0604 e. The molecule has 3 nitrogen and oxygen atoms in total. The molecule has 0 bridgehead atoms. The van der Waals surface area contributed by atoms with Crippen LogP contribution in [0, 0.1) is 11.8 Å². The van der Waals surface area contributed by atoms with Gasteiger partial charge in [-0.05, 0) is 44.7 Å². The summed E-state index contributed by atoms with van der Waals surface area (Å²) in [6.45, 7) is 12.5. The second-order valence-electron chi connectivity index (χ2n) is 6.03. The summed E-state index contributed by atoms with van der Waals surface area (Å²) < 4.78 is 5.67. The highest BCUT2D eigenvalue weighted by Crippen LogP contribution is 2.29. The van der Waals surface area contributed by atoms with E-state index in [2.05, 4.69) is 31.0 Å². The number of hydrogen-bond acceptors (Lipinski definition) is 3. The third-order valence-corrected chi connectivity index (χ3v) is 4.07. The quantitative estimate of drug-likeness (QED) is 0.813. The van der Waals surface area contributed by atoms with E-state index in [1.165, 1.54) is 39.0 Å². The molecule has 1 heterocycles. The molecular weight excluding hydrogens is 212 g/mol. The second-order valence-corrected chi connectivity index (χ2v) is 6.03. The van der Waals surface area contributed by atoms with Crippen molar-refractivity contribution in [2.75, 3.05) is 32.8 Å². The molecule has 0 amide bonds. The molecule has 3 heteroatoms. The van der Waals surface area contributed by atoms with Crippen LogP contribution in [0.1, 0.15) is 33.6 Å². The predicted octanol–water partition coefficient (Wildman–Crippen LogP) is 1.73. The van der Waals surface area contributed by atoms with Gasteiger partial charge in [-0.15, -0.1) is 0 Å². The lowest BCUT2D eigenvalue weighted by atomic mass is 9.86. The van der Waals surface area contributed by atoms with Gasteiger partial charge in [-0.2, -0.15) is 0 Å².